The van der Waals surface area contributed by atoms with E-state index in [9.17, 15) is 10.1 Å². The Morgan fingerprint density at radius 1 is 0.829 bits per heavy atom. The summed E-state index contributed by atoms with van der Waals surface area (Å²) >= 11 is 0. The van der Waals surface area contributed by atoms with Crippen molar-refractivity contribution in [3.63, 3.8) is 0 Å². The molecule has 5 rings (SSSR count). The normalized spacial score (nSPS) is 19.5. The second kappa shape index (κ2) is 11.0. The Morgan fingerprint density at radius 2 is 1.49 bits per heavy atom. The summed E-state index contributed by atoms with van der Waals surface area (Å²) < 4.78 is 6.12. The van der Waals surface area contributed by atoms with Gasteiger partial charge in [-0.25, -0.2) is 0 Å². The van der Waals surface area contributed by atoms with Crippen LogP contribution >= 0.6 is 0 Å². The Labute approximate surface area is 206 Å². The molecule has 35 heavy (non-hydrogen) atoms. The topological polar surface area (TPSA) is 62.1 Å². The Hall–Kier alpha value is -3.26. The molecular weight excluding hydrogens is 440 g/mol. The van der Waals surface area contributed by atoms with Gasteiger partial charge < -0.3 is 9.64 Å². The van der Waals surface area contributed by atoms with Gasteiger partial charge in [0.05, 0.1) is 11.5 Å². The second-order valence-electron chi connectivity index (χ2n) is 9.29. The quantitative estimate of drug-likeness (QED) is 0.362. The summed E-state index contributed by atoms with van der Waals surface area (Å²) in [6.07, 6.45) is 0.677. The number of nitro groups is 1. The number of anilines is 1. The average Bonchev–Trinajstić information content (AvgIpc) is 2.90. The molecule has 0 radical (unpaired) electrons. The lowest BCUT2D eigenvalue weighted by Crippen LogP contribution is -2.46. The first-order chi connectivity index (χ1) is 17.2. The Bertz CT molecular complexity index is 1120. The maximum absolute atomic E-state index is 12.1. The average molecular weight is 473 g/mol. The molecule has 3 aromatic carbocycles. The van der Waals surface area contributed by atoms with Crippen LogP contribution in [0.2, 0.25) is 0 Å². The van der Waals surface area contributed by atoms with E-state index in [1.165, 1.54) is 11.1 Å². The van der Waals surface area contributed by atoms with Crippen LogP contribution in [-0.4, -0.2) is 54.1 Å². The molecule has 0 spiro atoms. The van der Waals surface area contributed by atoms with Crippen LogP contribution in [0.5, 0.6) is 0 Å². The van der Waals surface area contributed by atoms with Crippen molar-refractivity contribution in [2.75, 3.05) is 44.2 Å². The lowest BCUT2D eigenvalue weighted by atomic mass is 10.1. The highest BCUT2D eigenvalue weighted by atomic mass is 16.6. The van der Waals surface area contributed by atoms with E-state index >= 15 is 0 Å². The van der Waals surface area contributed by atoms with Gasteiger partial charge in [-0.1, -0.05) is 66.7 Å². The van der Waals surface area contributed by atoms with Crippen molar-refractivity contribution in [2.24, 2.45) is 0 Å². The van der Waals surface area contributed by atoms with Crippen LogP contribution in [-0.2, 0) is 17.8 Å². The van der Waals surface area contributed by atoms with Gasteiger partial charge in [0.25, 0.3) is 5.69 Å². The lowest BCUT2D eigenvalue weighted by Gasteiger charge is -2.37. The molecule has 7 heteroatoms. The van der Waals surface area contributed by atoms with Crippen LogP contribution in [0.1, 0.15) is 29.3 Å². The third-order valence-corrected chi connectivity index (χ3v) is 6.87. The van der Waals surface area contributed by atoms with Crippen LogP contribution in [0.4, 0.5) is 11.4 Å². The molecule has 0 aromatic heterocycles. The maximum Gasteiger partial charge on any atom is 0.292 e. The van der Waals surface area contributed by atoms with Gasteiger partial charge in [-0.15, -0.1) is 0 Å². The molecule has 182 valence electrons. The van der Waals surface area contributed by atoms with Gasteiger partial charge in [0.1, 0.15) is 11.9 Å². The number of benzene rings is 3. The Balaban J connectivity index is 1.30. The molecule has 0 unspecified atom stereocenters. The monoisotopic (exact) mass is 472 g/mol. The van der Waals surface area contributed by atoms with Gasteiger partial charge in [-0.2, -0.15) is 0 Å². The van der Waals surface area contributed by atoms with E-state index in [-0.39, 0.29) is 16.8 Å². The number of nitrogens with zero attached hydrogens (tertiary/aromatic N) is 4. The van der Waals surface area contributed by atoms with Crippen molar-refractivity contribution in [1.29, 1.82) is 0 Å². The van der Waals surface area contributed by atoms with Gasteiger partial charge in [0, 0.05) is 57.4 Å². The molecule has 0 saturated carbocycles. The molecule has 2 saturated heterocycles. The van der Waals surface area contributed by atoms with Crippen LogP contribution in [0.3, 0.4) is 0 Å². The van der Waals surface area contributed by atoms with Crippen LogP contribution in [0.25, 0.3) is 0 Å². The molecule has 2 aliphatic rings. The molecule has 3 aromatic rings. The molecule has 2 aliphatic heterocycles. The van der Waals surface area contributed by atoms with Crippen LogP contribution < -0.4 is 4.90 Å². The van der Waals surface area contributed by atoms with Crippen molar-refractivity contribution in [3.05, 3.63) is 106 Å². The van der Waals surface area contributed by atoms with Crippen LogP contribution in [0, 0.1) is 10.1 Å². The summed E-state index contributed by atoms with van der Waals surface area (Å²) in [5, 5.41) is 12.1. The highest BCUT2D eigenvalue weighted by molar-refractivity contribution is 5.65. The standard InChI is InChI=1S/C28H32N4O3/c33-32(34)27-20-25(28-31(14-7-19-35-28)22-24-10-5-2-6-11-24)12-13-26(27)30-17-15-29(16-18-30)21-23-8-3-1-4-9-23/h1-6,8-13,20,28H,7,14-19,21-22H2/t28-/m1/s1. The third-order valence-electron chi connectivity index (χ3n) is 6.87. The van der Waals surface area contributed by atoms with Crippen molar-refractivity contribution in [1.82, 2.24) is 9.80 Å². The van der Waals surface area contributed by atoms with Gasteiger partial charge in [-0.05, 0) is 23.6 Å². The predicted octanol–water partition coefficient (Wildman–Crippen LogP) is 4.84. The number of hydrogen-bond donors (Lipinski definition) is 0. The molecule has 2 heterocycles. The van der Waals surface area contributed by atoms with E-state index in [1.807, 2.05) is 36.4 Å². The summed E-state index contributed by atoms with van der Waals surface area (Å²) in [6.45, 7) is 6.53. The van der Waals surface area contributed by atoms with Crippen molar-refractivity contribution in [3.8, 4) is 0 Å². The molecule has 7 nitrogen and oxygen atoms in total. The minimum atomic E-state index is -0.278. The zero-order valence-electron chi connectivity index (χ0n) is 20.0. The second-order valence-corrected chi connectivity index (χ2v) is 9.29. The Kier molecular flexibility index (Phi) is 7.37. The molecule has 0 bridgehead atoms. The first kappa shape index (κ1) is 23.5. The number of hydrogen-bond acceptors (Lipinski definition) is 6. The Morgan fingerprint density at radius 3 is 2.14 bits per heavy atom. The van der Waals surface area contributed by atoms with E-state index in [0.29, 0.717) is 12.3 Å². The fourth-order valence-corrected chi connectivity index (χ4v) is 5.07. The number of nitro benzene ring substituents is 1. The lowest BCUT2D eigenvalue weighted by molar-refractivity contribution is -0.384. The van der Waals surface area contributed by atoms with Crippen molar-refractivity contribution in [2.45, 2.75) is 25.7 Å². The van der Waals surface area contributed by atoms with E-state index in [1.54, 1.807) is 6.07 Å². The number of rotatable bonds is 7. The van der Waals surface area contributed by atoms with Crippen molar-refractivity contribution < 1.29 is 9.66 Å². The SMILES string of the molecule is O=[N+]([O-])c1cc([C@H]2OCCCN2Cc2ccccc2)ccc1N1CCN(Cc2ccccc2)CC1. The highest BCUT2D eigenvalue weighted by Crippen LogP contribution is 2.35. The fraction of sp³-hybridized carbons (Fsp3) is 0.357. The summed E-state index contributed by atoms with van der Waals surface area (Å²) in [7, 11) is 0. The summed E-state index contributed by atoms with van der Waals surface area (Å²) in [5.41, 5.74) is 4.21. The third kappa shape index (κ3) is 5.70. The molecule has 0 aliphatic carbocycles. The number of piperazine rings is 1. The molecular formula is C28H32N4O3. The van der Waals surface area contributed by atoms with Gasteiger partial charge in [0.15, 0.2) is 0 Å². The first-order valence-corrected chi connectivity index (χ1v) is 12.4. The summed E-state index contributed by atoms with van der Waals surface area (Å²) in [4.78, 5) is 18.7. The summed E-state index contributed by atoms with van der Waals surface area (Å²) in [5.74, 6) is 0. The largest absolute Gasteiger partial charge is 0.363 e. The molecule has 1 atom stereocenters. The minimum Gasteiger partial charge on any atom is -0.363 e. The highest BCUT2D eigenvalue weighted by Gasteiger charge is 2.29. The van der Waals surface area contributed by atoms with Crippen LogP contribution in [0.15, 0.2) is 78.9 Å². The summed E-state index contributed by atoms with van der Waals surface area (Å²) in [6, 6.07) is 26.4. The smallest absolute Gasteiger partial charge is 0.292 e. The van der Waals surface area contributed by atoms with E-state index in [4.69, 9.17) is 4.74 Å². The van der Waals surface area contributed by atoms with E-state index in [2.05, 4.69) is 51.1 Å². The maximum atomic E-state index is 12.1. The molecule has 2 fully saturated rings. The van der Waals surface area contributed by atoms with Gasteiger partial charge in [0.2, 0.25) is 0 Å². The van der Waals surface area contributed by atoms with Gasteiger partial charge in [-0.3, -0.25) is 19.9 Å². The first-order valence-electron chi connectivity index (χ1n) is 12.4. The van der Waals surface area contributed by atoms with E-state index < -0.39 is 0 Å². The van der Waals surface area contributed by atoms with Gasteiger partial charge >= 0.3 is 0 Å². The predicted molar refractivity (Wildman–Crippen MR) is 137 cm³/mol. The zero-order chi connectivity index (χ0) is 24.0. The fourth-order valence-electron chi connectivity index (χ4n) is 5.07. The van der Waals surface area contributed by atoms with E-state index in [0.717, 1.165) is 57.8 Å². The number of ether oxygens (including phenoxy) is 1. The molecule has 0 N–H and O–H groups in total. The minimum absolute atomic E-state index is 0.160. The molecule has 0 amide bonds. The zero-order valence-corrected chi connectivity index (χ0v) is 20.0. The van der Waals surface area contributed by atoms with Crippen molar-refractivity contribution >= 4 is 11.4 Å².